The number of carbonyl (C=O) groups is 1. The Bertz CT molecular complexity index is 595. The van der Waals surface area contributed by atoms with Crippen molar-refractivity contribution in [2.45, 2.75) is 0 Å². The number of hydrogen-bond acceptors (Lipinski definition) is 5. The lowest BCUT2D eigenvalue weighted by molar-refractivity contribution is -0.386. The highest BCUT2D eigenvalue weighted by Gasteiger charge is 2.23. The minimum Gasteiger partial charge on any atom is -0.502 e. The summed E-state index contributed by atoms with van der Waals surface area (Å²) >= 11 is 0. The number of aromatic nitrogens is 1. The lowest BCUT2D eigenvalue weighted by atomic mass is 10.1. The van der Waals surface area contributed by atoms with E-state index < -0.39 is 16.4 Å². The highest BCUT2D eigenvalue weighted by atomic mass is 16.6. The van der Waals surface area contributed by atoms with Crippen LogP contribution < -0.4 is 0 Å². The number of fused-ring (bicyclic) bond motifs is 1. The van der Waals surface area contributed by atoms with Crippen LogP contribution in [0.5, 0.6) is 5.75 Å². The van der Waals surface area contributed by atoms with E-state index in [2.05, 4.69) is 4.98 Å². The summed E-state index contributed by atoms with van der Waals surface area (Å²) < 4.78 is 0. The number of benzene rings is 1. The summed E-state index contributed by atoms with van der Waals surface area (Å²) in [5.41, 5.74) is -0.692. The number of pyridine rings is 1. The van der Waals surface area contributed by atoms with Gasteiger partial charge in [0, 0.05) is 5.39 Å². The van der Waals surface area contributed by atoms with E-state index in [9.17, 15) is 20.0 Å². The molecule has 6 heteroatoms. The molecule has 0 atom stereocenters. The van der Waals surface area contributed by atoms with Crippen molar-refractivity contribution in [1.82, 2.24) is 4.98 Å². The van der Waals surface area contributed by atoms with Crippen molar-refractivity contribution in [2.75, 3.05) is 0 Å². The van der Waals surface area contributed by atoms with Crippen LogP contribution >= 0.6 is 0 Å². The minimum atomic E-state index is -0.821. The number of aromatic hydroxyl groups is 1. The van der Waals surface area contributed by atoms with Gasteiger partial charge in [-0.25, -0.2) is 4.98 Å². The lowest BCUT2D eigenvalue weighted by Crippen LogP contribution is -1.98. The molecular formula is C10H6N2O4. The van der Waals surface area contributed by atoms with Gasteiger partial charge in [0.2, 0.25) is 5.75 Å². The molecule has 0 aliphatic carbocycles. The molecule has 0 fully saturated rings. The third kappa shape index (κ3) is 1.36. The number of carbonyl (C=O) groups excluding carboxylic acids is 1. The highest BCUT2D eigenvalue weighted by Crippen LogP contribution is 2.34. The predicted octanol–water partition coefficient (Wildman–Crippen LogP) is 1.66. The van der Waals surface area contributed by atoms with Crippen molar-refractivity contribution in [3.8, 4) is 5.75 Å². The Morgan fingerprint density at radius 3 is 2.69 bits per heavy atom. The molecule has 0 spiro atoms. The van der Waals surface area contributed by atoms with Crippen LogP contribution in [-0.2, 0) is 0 Å². The van der Waals surface area contributed by atoms with Gasteiger partial charge in [0.05, 0.1) is 10.4 Å². The number of nitro groups is 1. The van der Waals surface area contributed by atoms with Gasteiger partial charge in [-0.2, -0.15) is 0 Å². The summed E-state index contributed by atoms with van der Waals surface area (Å²) in [6.07, 6.45) is 0.254. The maximum atomic E-state index is 10.7. The zero-order valence-electron chi connectivity index (χ0n) is 7.95. The van der Waals surface area contributed by atoms with Crippen molar-refractivity contribution in [3.63, 3.8) is 0 Å². The van der Waals surface area contributed by atoms with Gasteiger partial charge in [-0.15, -0.1) is 0 Å². The van der Waals surface area contributed by atoms with E-state index in [1.54, 1.807) is 18.2 Å². The first-order valence-electron chi connectivity index (χ1n) is 4.36. The maximum Gasteiger partial charge on any atom is 0.340 e. The van der Waals surface area contributed by atoms with Gasteiger partial charge in [0.25, 0.3) is 0 Å². The van der Waals surface area contributed by atoms with E-state index in [1.807, 2.05) is 0 Å². The Labute approximate surface area is 89.3 Å². The number of para-hydroxylation sites is 1. The van der Waals surface area contributed by atoms with Gasteiger partial charge in [0.1, 0.15) is 0 Å². The van der Waals surface area contributed by atoms with Gasteiger partial charge < -0.3 is 5.11 Å². The first kappa shape index (κ1) is 10.0. The van der Waals surface area contributed by atoms with E-state index >= 15 is 0 Å². The normalized spacial score (nSPS) is 10.2. The molecule has 1 N–H and O–H groups in total. The largest absolute Gasteiger partial charge is 0.502 e. The molecule has 2 aromatic rings. The number of nitrogens with zero attached hydrogens (tertiary/aromatic N) is 2. The zero-order chi connectivity index (χ0) is 11.7. The van der Waals surface area contributed by atoms with Crippen LogP contribution in [0.2, 0.25) is 0 Å². The van der Waals surface area contributed by atoms with E-state index in [4.69, 9.17) is 0 Å². The Hall–Kier alpha value is -2.50. The molecule has 0 bridgehead atoms. The average Bonchev–Trinajstić information content (AvgIpc) is 2.28. The van der Waals surface area contributed by atoms with Crippen molar-refractivity contribution in [1.29, 1.82) is 0 Å². The van der Waals surface area contributed by atoms with Gasteiger partial charge in [0.15, 0.2) is 12.0 Å². The predicted molar refractivity (Wildman–Crippen MR) is 55.4 cm³/mol. The number of aldehydes is 1. The molecule has 0 radical (unpaired) electrons. The second-order valence-electron chi connectivity index (χ2n) is 3.09. The third-order valence-electron chi connectivity index (χ3n) is 2.16. The van der Waals surface area contributed by atoms with E-state index in [0.717, 1.165) is 0 Å². The second-order valence-corrected chi connectivity index (χ2v) is 3.09. The molecule has 0 aliphatic heterocycles. The maximum absolute atomic E-state index is 10.7. The fraction of sp³-hybridized carbons (Fsp3) is 0. The summed E-state index contributed by atoms with van der Waals surface area (Å²) in [5, 5.41) is 20.6. The number of hydrogen-bond donors (Lipinski definition) is 1. The summed E-state index contributed by atoms with van der Waals surface area (Å²) in [6.45, 7) is 0. The van der Waals surface area contributed by atoms with Crippen molar-refractivity contribution in [2.24, 2.45) is 0 Å². The monoisotopic (exact) mass is 218 g/mol. The Kier molecular flexibility index (Phi) is 2.24. The quantitative estimate of drug-likeness (QED) is 0.470. The molecule has 16 heavy (non-hydrogen) atoms. The fourth-order valence-electron chi connectivity index (χ4n) is 1.47. The Balaban J connectivity index is 2.93. The van der Waals surface area contributed by atoms with Crippen molar-refractivity contribution >= 4 is 22.9 Å². The summed E-state index contributed by atoms with van der Waals surface area (Å²) in [7, 11) is 0. The fourth-order valence-corrected chi connectivity index (χ4v) is 1.47. The molecule has 1 aromatic heterocycles. The van der Waals surface area contributed by atoms with E-state index in [-0.39, 0.29) is 17.4 Å². The van der Waals surface area contributed by atoms with Crippen LogP contribution in [0.4, 0.5) is 5.69 Å². The zero-order valence-corrected chi connectivity index (χ0v) is 7.95. The Morgan fingerprint density at radius 1 is 1.38 bits per heavy atom. The molecule has 0 unspecified atom stereocenters. The molecule has 1 aromatic carbocycles. The highest BCUT2D eigenvalue weighted by molar-refractivity contribution is 5.94. The van der Waals surface area contributed by atoms with E-state index in [0.29, 0.717) is 5.52 Å². The topological polar surface area (TPSA) is 93.3 Å². The SMILES string of the molecule is O=Cc1nc2ccccc2c(O)c1[N+](=O)[O-]. The van der Waals surface area contributed by atoms with Gasteiger partial charge in [-0.3, -0.25) is 14.9 Å². The molecule has 1 heterocycles. The van der Waals surface area contributed by atoms with Crippen LogP contribution in [0.15, 0.2) is 24.3 Å². The van der Waals surface area contributed by atoms with E-state index in [1.165, 1.54) is 6.07 Å². The van der Waals surface area contributed by atoms with Crippen LogP contribution in [-0.4, -0.2) is 21.3 Å². The van der Waals surface area contributed by atoms with Crippen molar-refractivity contribution in [3.05, 3.63) is 40.1 Å². The summed E-state index contributed by atoms with van der Waals surface area (Å²) in [5.74, 6) is -0.530. The Morgan fingerprint density at radius 2 is 2.06 bits per heavy atom. The smallest absolute Gasteiger partial charge is 0.340 e. The second kappa shape index (κ2) is 3.58. The first-order chi connectivity index (χ1) is 7.65. The molecule has 0 aliphatic rings. The molecular weight excluding hydrogens is 212 g/mol. The van der Waals surface area contributed by atoms with Crippen LogP contribution in [0, 0.1) is 10.1 Å². The minimum absolute atomic E-state index is 0.250. The van der Waals surface area contributed by atoms with Gasteiger partial charge in [-0.05, 0) is 12.1 Å². The van der Waals surface area contributed by atoms with Crippen molar-refractivity contribution < 1.29 is 14.8 Å². The molecule has 0 saturated heterocycles. The molecule has 0 saturated carbocycles. The first-order valence-corrected chi connectivity index (χ1v) is 4.36. The van der Waals surface area contributed by atoms with Gasteiger partial charge in [-0.1, -0.05) is 12.1 Å². The lowest BCUT2D eigenvalue weighted by Gasteiger charge is -2.02. The summed E-state index contributed by atoms with van der Waals surface area (Å²) in [4.78, 5) is 24.3. The third-order valence-corrected chi connectivity index (χ3v) is 2.16. The molecule has 0 amide bonds. The molecule has 6 nitrogen and oxygen atoms in total. The van der Waals surface area contributed by atoms with Crippen LogP contribution in [0.1, 0.15) is 10.5 Å². The van der Waals surface area contributed by atoms with Gasteiger partial charge >= 0.3 is 5.69 Å². The number of rotatable bonds is 2. The summed E-state index contributed by atoms with van der Waals surface area (Å²) in [6, 6.07) is 6.34. The average molecular weight is 218 g/mol. The van der Waals surface area contributed by atoms with Crippen LogP contribution in [0.25, 0.3) is 10.9 Å². The van der Waals surface area contributed by atoms with Crippen LogP contribution in [0.3, 0.4) is 0 Å². The molecule has 80 valence electrons. The molecule has 2 rings (SSSR count). The standard InChI is InChI=1S/C10H6N2O4/c13-5-8-9(12(15)16)10(14)6-3-1-2-4-7(6)11-8/h1-5H,(H,11,14).